The van der Waals surface area contributed by atoms with Crippen LogP contribution in [-0.4, -0.2) is 13.2 Å². The number of halogens is 2. The van der Waals surface area contributed by atoms with E-state index in [0.717, 1.165) is 24.7 Å². The van der Waals surface area contributed by atoms with Crippen molar-refractivity contribution in [1.82, 2.24) is 0 Å². The highest BCUT2D eigenvalue weighted by Crippen LogP contribution is 2.54. The summed E-state index contributed by atoms with van der Waals surface area (Å²) in [6.45, 7) is 1.50. The molecule has 1 aromatic carbocycles. The topological polar surface area (TPSA) is 18.5 Å². The van der Waals surface area contributed by atoms with Crippen LogP contribution in [0.5, 0.6) is 0 Å². The molecular weight excluding hydrogens is 295 g/mol. The minimum Gasteiger partial charge on any atom is -0.348 e. The van der Waals surface area contributed by atoms with Crippen molar-refractivity contribution >= 4 is 23.2 Å². The summed E-state index contributed by atoms with van der Waals surface area (Å²) in [5.41, 5.74) is 1.05. The molecule has 4 heteroatoms. The summed E-state index contributed by atoms with van der Waals surface area (Å²) in [6.07, 6.45) is 6.77. The summed E-state index contributed by atoms with van der Waals surface area (Å²) in [4.78, 5) is 0. The lowest BCUT2D eigenvalue weighted by molar-refractivity contribution is -0.239. The molecule has 1 saturated carbocycles. The Kier molecular flexibility index (Phi) is 3.11. The van der Waals surface area contributed by atoms with Gasteiger partial charge in [-0.05, 0) is 36.8 Å². The highest BCUT2D eigenvalue weighted by atomic mass is 35.5. The summed E-state index contributed by atoms with van der Waals surface area (Å²) >= 11 is 12.1. The van der Waals surface area contributed by atoms with E-state index in [-0.39, 0.29) is 11.7 Å². The summed E-state index contributed by atoms with van der Waals surface area (Å²) in [7, 11) is 0. The number of hydrogen-bond acceptors (Lipinski definition) is 2. The van der Waals surface area contributed by atoms with Crippen LogP contribution in [0.15, 0.2) is 30.4 Å². The number of fused-ring (bicyclic) bond motifs is 3. The average Bonchev–Trinajstić information content (AvgIpc) is 3.01. The lowest BCUT2D eigenvalue weighted by atomic mass is 9.76. The zero-order valence-corrected chi connectivity index (χ0v) is 12.5. The van der Waals surface area contributed by atoms with Crippen LogP contribution in [0.3, 0.4) is 0 Å². The fourth-order valence-electron chi connectivity index (χ4n) is 3.83. The Morgan fingerprint density at radius 2 is 1.90 bits per heavy atom. The van der Waals surface area contributed by atoms with Crippen LogP contribution in [0, 0.1) is 17.3 Å². The summed E-state index contributed by atoms with van der Waals surface area (Å²) in [5, 5.41) is 1.23. The Morgan fingerprint density at radius 3 is 2.50 bits per heavy atom. The molecule has 3 aliphatic rings. The first-order chi connectivity index (χ1) is 9.66. The van der Waals surface area contributed by atoms with Crippen molar-refractivity contribution < 1.29 is 9.47 Å². The van der Waals surface area contributed by atoms with E-state index in [2.05, 4.69) is 12.2 Å². The molecular formula is C16H16Cl2O2. The number of rotatable bonds is 1. The second-order valence-corrected chi connectivity index (χ2v) is 7.02. The molecule has 1 aliphatic heterocycles. The highest BCUT2D eigenvalue weighted by Gasteiger charge is 2.51. The lowest BCUT2D eigenvalue weighted by Gasteiger charge is -2.41. The van der Waals surface area contributed by atoms with E-state index in [1.54, 1.807) is 6.07 Å². The molecule has 1 aromatic rings. The van der Waals surface area contributed by atoms with Gasteiger partial charge in [0.15, 0.2) is 6.29 Å². The van der Waals surface area contributed by atoms with E-state index in [1.807, 2.05) is 12.1 Å². The van der Waals surface area contributed by atoms with Gasteiger partial charge >= 0.3 is 0 Å². The van der Waals surface area contributed by atoms with E-state index >= 15 is 0 Å². The van der Waals surface area contributed by atoms with Crippen molar-refractivity contribution in [2.75, 3.05) is 13.2 Å². The van der Waals surface area contributed by atoms with Crippen LogP contribution in [-0.2, 0) is 9.47 Å². The molecule has 2 fully saturated rings. The predicted molar refractivity (Wildman–Crippen MR) is 78.9 cm³/mol. The Hall–Kier alpha value is -0.540. The molecule has 0 amide bonds. The second kappa shape index (κ2) is 4.74. The van der Waals surface area contributed by atoms with Gasteiger partial charge in [0.1, 0.15) is 0 Å². The zero-order chi connectivity index (χ0) is 13.7. The molecule has 2 bridgehead atoms. The van der Waals surface area contributed by atoms with Gasteiger partial charge in [-0.1, -0.05) is 41.4 Å². The third-order valence-electron chi connectivity index (χ3n) is 4.89. The van der Waals surface area contributed by atoms with Gasteiger partial charge in [0.25, 0.3) is 0 Å². The predicted octanol–water partition coefficient (Wildman–Crippen LogP) is 4.62. The van der Waals surface area contributed by atoms with E-state index in [1.165, 1.54) is 12.8 Å². The van der Waals surface area contributed by atoms with Gasteiger partial charge in [-0.2, -0.15) is 0 Å². The molecule has 0 aromatic heterocycles. The number of ether oxygens (including phenoxy) is 2. The standard InChI is InChI=1S/C16H16Cl2O2/c17-12-3-4-13(14(18)6-12)15-19-8-16(9-20-15)7-10-1-2-11(16)5-10/h1-4,6,10-11,15H,5,7-9H2. The SMILES string of the molecule is Clc1ccc(C2OCC3(CO2)CC2C=CC3C2)c(Cl)c1. The van der Waals surface area contributed by atoms with Crippen LogP contribution in [0.1, 0.15) is 24.7 Å². The quantitative estimate of drug-likeness (QED) is 0.705. The first kappa shape index (κ1) is 13.1. The third kappa shape index (κ3) is 2.01. The van der Waals surface area contributed by atoms with Crippen LogP contribution >= 0.6 is 23.2 Å². The first-order valence-corrected chi connectivity index (χ1v) is 7.78. The molecule has 0 radical (unpaired) electrons. The zero-order valence-electron chi connectivity index (χ0n) is 11.0. The van der Waals surface area contributed by atoms with Crippen molar-refractivity contribution in [3.8, 4) is 0 Å². The number of allylic oxidation sites excluding steroid dienone is 2. The maximum atomic E-state index is 6.22. The minimum absolute atomic E-state index is 0.189. The molecule has 2 aliphatic carbocycles. The fraction of sp³-hybridized carbons (Fsp3) is 0.500. The number of benzene rings is 1. The molecule has 106 valence electrons. The van der Waals surface area contributed by atoms with E-state index in [0.29, 0.717) is 16.0 Å². The maximum Gasteiger partial charge on any atom is 0.185 e. The van der Waals surface area contributed by atoms with Crippen molar-refractivity contribution in [1.29, 1.82) is 0 Å². The van der Waals surface area contributed by atoms with E-state index < -0.39 is 0 Å². The summed E-state index contributed by atoms with van der Waals surface area (Å²) in [5.74, 6) is 1.34. The van der Waals surface area contributed by atoms with Gasteiger partial charge < -0.3 is 9.47 Å². The van der Waals surface area contributed by atoms with Crippen LogP contribution in [0.2, 0.25) is 10.0 Å². The van der Waals surface area contributed by atoms with Gasteiger partial charge in [-0.3, -0.25) is 0 Å². The van der Waals surface area contributed by atoms with Gasteiger partial charge in [-0.15, -0.1) is 0 Å². The van der Waals surface area contributed by atoms with Gasteiger partial charge in [0, 0.05) is 16.0 Å². The van der Waals surface area contributed by atoms with Crippen LogP contribution in [0.25, 0.3) is 0 Å². The van der Waals surface area contributed by atoms with Crippen molar-refractivity contribution in [2.24, 2.45) is 17.3 Å². The van der Waals surface area contributed by atoms with Crippen molar-refractivity contribution in [2.45, 2.75) is 19.1 Å². The first-order valence-electron chi connectivity index (χ1n) is 7.03. The molecule has 2 nitrogen and oxygen atoms in total. The minimum atomic E-state index is -0.367. The normalized spacial score (nSPS) is 38.8. The molecule has 20 heavy (non-hydrogen) atoms. The number of hydrogen-bond donors (Lipinski definition) is 0. The molecule has 2 unspecified atom stereocenters. The van der Waals surface area contributed by atoms with E-state index in [4.69, 9.17) is 32.7 Å². The molecule has 1 spiro atoms. The molecule has 1 heterocycles. The third-order valence-corrected chi connectivity index (χ3v) is 5.45. The molecule has 2 atom stereocenters. The van der Waals surface area contributed by atoms with Crippen LogP contribution in [0.4, 0.5) is 0 Å². The Balaban J connectivity index is 1.51. The van der Waals surface area contributed by atoms with Crippen molar-refractivity contribution in [3.63, 3.8) is 0 Å². The fourth-order valence-corrected chi connectivity index (χ4v) is 4.33. The largest absolute Gasteiger partial charge is 0.348 e. The summed E-state index contributed by atoms with van der Waals surface area (Å²) in [6, 6.07) is 5.43. The second-order valence-electron chi connectivity index (χ2n) is 6.17. The van der Waals surface area contributed by atoms with E-state index in [9.17, 15) is 0 Å². The maximum absolute atomic E-state index is 6.22. The monoisotopic (exact) mass is 310 g/mol. The molecule has 0 N–H and O–H groups in total. The highest BCUT2D eigenvalue weighted by molar-refractivity contribution is 6.35. The average molecular weight is 311 g/mol. The van der Waals surface area contributed by atoms with Gasteiger partial charge in [0.05, 0.1) is 18.2 Å². The van der Waals surface area contributed by atoms with Gasteiger partial charge in [0.2, 0.25) is 0 Å². The molecule has 4 rings (SSSR count). The van der Waals surface area contributed by atoms with Crippen molar-refractivity contribution in [3.05, 3.63) is 46.0 Å². The van der Waals surface area contributed by atoms with Crippen LogP contribution < -0.4 is 0 Å². The Bertz CT molecular complexity index is 562. The Morgan fingerprint density at radius 1 is 1.10 bits per heavy atom. The molecule has 1 saturated heterocycles. The smallest absolute Gasteiger partial charge is 0.185 e. The van der Waals surface area contributed by atoms with Gasteiger partial charge in [-0.25, -0.2) is 0 Å². The Labute approximate surface area is 128 Å². The lowest BCUT2D eigenvalue weighted by Crippen LogP contribution is -2.41. The summed E-state index contributed by atoms with van der Waals surface area (Å²) < 4.78 is 12.0.